The average Bonchev–Trinajstić information content (AvgIpc) is 2.88. The Balaban J connectivity index is 1.51. The van der Waals surface area contributed by atoms with Crippen molar-refractivity contribution in [2.75, 3.05) is 32.5 Å². The Morgan fingerprint density at radius 2 is 1.89 bits per heavy atom. The predicted octanol–water partition coefficient (Wildman–Crippen LogP) is 3.66. The smallest absolute Gasteiger partial charge is 0.226 e. The van der Waals surface area contributed by atoms with Gasteiger partial charge in [-0.2, -0.15) is 0 Å². The molecule has 0 saturated carbocycles. The number of aromatic hydroxyl groups is 1. The second-order valence-electron chi connectivity index (χ2n) is 10.3. The van der Waals surface area contributed by atoms with Gasteiger partial charge in [0.15, 0.2) is 11.5 Å². The molecule has 38 heavy (non-hydrogen) atoms. The predicted molar refractivity (Wildman–Crippen MR) is 150 cm³/mol. The molecule has 0 radical (unpaired) electrons. The highest BCUT2D eigenvalue weighted by Gasteiger charge is 2.20. The number of pyridine rings is 1. The van der Waals surface area contributed by atoms with E-state index in [4.69, 9.17) is 10.5 Å². The Kier molecular flexibility index (Phi) is 10.1. The van der Waals surface area contributed by atoms with Crippen LogP contribution in [-0.4, -0.2) is 58.3 Å². The third kappa shape index (κ3) is 8.75. The molecule has 2 aromatic carbocycles. The number of amides is 1. The van der Waals surface area contributed by atoms with E-state index in [0.29, 0.717) is 49.7 Å². The lowest BCUT2D eigenvalue weighted by atomic mass is 9.93. The number of carbonyl (C=O) groups is 1. The fraction of sp³-hybridized carbons (Fsp3) is 0.400. The average molecular weight is 521 g/mol. The molecule has 0 aliphatic rings. The fourth-order valence-electron chi connectivity index (χ4n) is 4.24. The highest BCUT2D eigenvalue weighted by molar-refractivity contribution is 5.78. The van der Waals surface area contributed by atoms with Gasteiger partial charge in [0.2, 0.25) is 5.91 Å². The van der Waals surface area contributed by atoms with Crippen LogP contribution in [0.3, 0.4) is 0 Å². The number of likely N-dealkylation sites (N-methyl/N-ethyl adjacent to an activating group) is 1. The van der Waals surface area contributed by atoms with Crippen LogP contribution in [-0.2, 0) is 24.1 Å². The van der Waals surface area contributed by atoms with Crippen molar-refractivity contribution in [1.82, 2.24) is 15.2 Å². The molecule has 5 N–H and O–H groups in total. The normalized spacial score (nSPS) is 12.2. The molecule has 0 aliphatic heterocycles. The molecule has 0 saturated heterocycles. The Bertz CT molecular complexity index is 1200. The third-order valence-corrected chi connectivity index (χ3v) is 6.45. The first kappa shape index (κ1) is 28.9. The molecule has 204 valence electrons. The van der Waals surface area contributed by atoms with Crippen molar-refractivity contribution in [3.63, 3.8) is 0 Å². The number of nitrogen functional groups attached to an aromatic ring is 1. The number of hydrogen-bond donors (Lipinski definition) is 4. The number of phenols is 1. The minimum absolute atomic E-state index is 0.0450. The number of aliphatic hydroxyl groups is 1. The number of β-amino-alcohol motifs (C(OH)–C–C–N with tert-alkyl or cyclic N) is 1. The van der Waals surface area contributed by atoms with Crippen LogP contribution >= 0.6 is 0 Å². The van der Waals surface area contributed by atoms with E-state index in [1.807, 2.05) is 38.2 Å². The summed E-state index contributed by atoms with van der Waals surface area (Å²) in [4.78, 5) is 18.7. The third-order valence-electron chi connectivity index (χ3n) is 6.45. The van der Waals surface area contributed by atoms with E-state index < -0.39 is 6.10 Å². The summed E-state index contributed by atoms with van der Waals surface area (Å²) in [6.45, 7) is 7.48. The number of aliphatic hydroxyl groups excluding tert-OH is 1. The number of nitrogens with one attached hydrogen (secondary N) is 1. The van der Waals surface area contributed by atoms with Gasteiger partial charge >= 0.3 is 0 Å². The van der Waals surface area contributed by atoms with Gasteiger partial charge in [0.25, 0.3) is 0 Å². The first-order chi connectivity index (χ1) is 18.1. The molecule has 0 fully saturated rings. The molecule has 1 atom stereocenters. The molecule has 3 rings (SSSR count). The summed E-state index contributed by atoms with van der Waals surface area (Å²) in [5.74, 6) is 1.05. The number of ether oxygens (including phenoxy) is 1. The minimum Gasteiger partial charge on any atom is -0.504 e. The molecule has 1 heterocycles. The summed E-state index contributed by atoms with van der Waals surface area (Å²) in [6.07, 6.45) is 2.63. The number of carbonyl (C=O) groups excluding carboxylic acids is 1. The molecule has 0 unspecified atom stereocenters. The van der Waals surface area contributed by atoms with Crippen LogP contribution in [0.4, 0.5) is 5.82 Å². The molecular formula is C30H40N4O4. The zero-order valence-electron chi connectivity index (χ0n) is 22.8. The largest absolute Gasteiger partial charge is 0.504 e. The number of hydrogen-bond acceptors (Lipinski definition) is 7. The molecule has 8 heteroatoms. The summed E-state index contributed by atoms with van der Waals surface area (Å²) >= 11 is 0. The van der Waals surface area contributed by atoms with Crippen LogP contribution in [0.2, 0.25) is 0 Å². The van der Waals surface area contributed by atoms with Gasteiger partial charge < -0.3 is 30.9 Å². The Labute approximate surface area is 225 Å². The molecule has 0 bridgehead atoms. The maximum Gasteiger partial charge on any atom is 0.226 e. The highest BCUT2D eigenvalue weighted by Crippen LogP contribution is 2.27. The SMILES string of the molecule is CCOc1cc(CCN(C)C(=O)Cc2cccc(CC(C)(C)NC[C@H](O)c3ccc(N)nc3)c2)ccc1O. The number of phenolic OH excluding ortho intramolecular Hbond substituents is 1. The van der Waals surface area contributed by atoms with E-state index >= 15 is 0 Å². The molecule has 1 aromatic heterocycles. The van der Waals surface area contributed by atoms with Crippen LogP contribution in [0.25, 0.3) is 0 Å². The van der Waals surface area contributed by atoms with Gasteiger partial charge in [-0.1, -0.05) is 36.4 Å². The zero-order chi connectivity index (χ0) is 27.7. The Morgan fingerprint density at radius 1 is 1.13 bits per heavy atom. The van der Waals surface area contributed by atoms with Crippen molar-refractivity contribution in [1.29, 1.82) is 0 Å². The van der Waals surface area contributed by atoms with Gasteiger partial charge in [-0.15, -0.1) is 0 Å². The maximum atomic E-state index is 12.9. The lowest BCUT2D eigenvalue weighted by Gasteiger charge is -2.28. The lowest BCUT2D eigenvalue weighted by molar-refractivity contribution is -0.129. The second-order valence-corrected chi connectivity index (χ2v) is 10.3. The number of nitrogens with zero attached hydrogens (tertiary/aromatic N) is 2. The fourth-order valence-corrected chi connectivity index (χ4v) is 4.24. The molecule has 8 nitrogen and oxygen atoms in total. The van der Waals surface area contributed by atoms with E-state index in [9.17, 15) is 15.0 Å². The number of anilines is 1. The minimum atomic E-state index is -0.686. The number of aromatic nitrogens is 1. The summed E-state index contributed by atoms with van der Waals surface area (Å²) in [5, 5.41) is 23.8. The molecule has 1 amide bonds. The van der Waals surface area contributed by atoms with Gasteiger partial charge in [0, 0.05) is 37.4 Å². The van der Waals surface area contributed by atoms with Crippen LogP contribution in [0.1, 0.15) is 49.1 Å². The van der Waals surface area contributed by atoms with Crippen molar-refractivity contribution in [2.24, 2.45) is 0 Å². The summed E-state index contributed by atoms with van der Waals surface area (Å²) < 4.78 is 5.45. The van der Waals surface area contributed by atoms with Crippen LogP contribution in [0.5, 0.6) is 11.5 Å². The van der Waals surface area contributed by atoms with Crippen LogP contribution in [0, 0.1) is 0 Å². The number of nitrogens with two attached hydrogens (primary N) is 1. The highest BCUT2D eigenvalue weighted by atomic mass is 16.5. The molecule has 0 spiro atoms. The molecular weight excluding hydrogens is 480 g/mol. The van der Waals surface area contributed by atoms with Crippen molar-refractivity contribution in [2.45, 2.75) is 51.7 Å². The van der Waals surface area contributed by atoms with E-state index in [1.165, 1.54) is 0 Å². The first-order valence-electron chi connectivity index (χ1n) is 13.0. The van der Waals surface area contributed by atoms with E-state index in [-0.39, 0.29) is 17.2 Å². The first-order valence-corrected chi connectivity index (χ1v) is 13.0. The van der Waals surface area contributed by atoms with Gasteiger partial charge in [0.05, 0.1) is 19.1 Å². The van der Waals surface area contributed by atoms with E-state index in [0.717, 1.165) is 23.1 Å². The molecule has 0 aliphatic carbocycles. The quantitative estimate of drug-likeness (QED) is 0.271. The Morgan fingerprint density at radius 3 is 2.61 bits per heavy atom. The monoisotopic (exact) mass is 520 g/mol. The Hall–Kier alpha value is -3.62. The van der Waals surface area contributed by atoms with Gasteiger partial charge in [-0.25, -0.2) is 4.98 Å². The topological polar surface area (TPSA) is 121 Å². The van der Waals surface area contributed by atoms with Crippen molar-refractivity contribution < 1.29 is 19.7 Å². The van der Waals surface area contributed by atoms with E-state index in [2.05, 4.69) is 36.3 Å². The van der Waals surface area contributed by atoms with Crippen molar-refractivity contribution in [3.05, 3.63) is 83.0 Å². The number of benzene rings is 2. The van der Waals surface area contributed by atoms with Gasteiger partial charge in [0.1, 0.15) is 5.82 Å². The maximum absolute atomic E-state index is 12.9. The van der Waals surface area contributed by atoms with Crippen molar-refractivity contribution >= 4 is 11.7 Å². The van der Waals surface area contributed by atoms with Crippen LogP contribution < -0.4 is 15.8 Å². The zero-order valence-corrected chi connectivity index (χ0v) is 22.8. The lowest BCUT2D eigenvalue weighted by Crippen LogP contribution is -2.43. The number of rotatable bonds is 13. The standard InChI is InChI=1S/C30H40N4O4/c1-5-38-27-16-21(9-11-25(27)35)13-14-34(4)29(37)17-22-7-6-8-23(15-22)18-30(2,3)33-20-26(36)24-10-12-28(31)32-19-24/h6-12,15-16,19,26,33,35-36H,5,13-14,17-18,20H2,1-4H3,(H2,31,32)/t26-/m0/s1. The van der Waals surface area contributed by atoms with E-state index in [1.54, 1.807) is 29.3 Å². The van der Waals surface area contributed by atoms with Crippen LogP contribution in [0.15, 0.2) is 60.8 Å². The second kappa shape index (κ2) is 13.3. The van der Waals surface area contributed by atoms with Gasteiger partial charge in [-0.05, 0) is 68.5 Å². The van der Waals surface area contributed by atoms with Gasteiger partial charge in [-0.3, -0.25) is 4.79 Å². The van der Waals surface area contributed by atoms with Crippen molar-refractivity contribution in [3.8, 4) is 11.5 Å². The summed E-state index contributed by atoms with van der Waals surface area (Å²) in [5.41, 5.74) is 9.15. The summed E-state index contributed by atoms with van der Waals surface area (Å²) in [7, 11) is 1.81. The summed E-state index contributed by atoms with van der Waals surface area (Å²) in [6, 6.07) is 16.8. The molecule has 3 aromatic rings.